The Morgan fingerprint density at radius 1 is 1.21 bits per heavy atom. The highest BCUT2D eigenvalue weighted by Crippen LogP contribution is 2.36. The second-order valence-corrected chi connectivity index (χ2v) is 10.0. The molecule has 5 heterocycles. The molecule has 0 aliphatic carbocycles. The van der Waals surface area contributed by atoms with Crippen LogP contribution in [-0.4, -0.2) is 77.7 Å². The van der Waals surface area contributed by atoms with Gasteiger partial charge in [0, 0.05) is 25.5 Å². The van der Waals surface area contributed by atoms with Gasteiger partial charge in [0.15, 0.2) is 0 Å². The molecule has 11 nitrogen and oxygen atoms in total. The van der Waals surface area contributed by atoms with Crippen molar-refractivity contribution in [3.8, 4) is 23.0 Å². The summed E-state index contributed by atoms with van der Waals surface area (Å²) < 4.78 is 16.1. The number of aryl methyl sites for hydroxylation is 3. The number of nitrogens with zero attached hydrogens (tertiary/aromatic N) is 7. The molecule has 0 amide bonds. The molecule has 4 aromatic heterocycles. The smallest absolute Gasteiger partial charge is 0.240 e. The summed E-state index contributed by atoms with van der Waals surface area (Å²) in [6, 6.07) is 1.83. The molecule has 4 aromatic rings. The van der Waals surface area contributed by atoms with Crippen LogP contribution in [0.3, 0.4) is 0 Å². The third-order valence-corrected chi connectivity index (χ3v) is 6.87. The van der Waals surface area contributed by atoms with E-state index in [0.29, 0.717) is 31.5 Å². The van der Waals surface area contributed by atoms with Gasteiger partial charge in [-0.15, -0.1) is 5.10 Å². The Hall–Kier alpha value is -3.70. The number of aliphatic hydroxyl groups excluding tert-OH is 1. The monoisotopic (exact) mass is 520 g/mol. The SMILES string of the molecule is CCOc1nn([C@@H](C)CO)c2c1/C=C/c1[nH]nc3c(C)nc(cc13)-c1c(C)nn(C)c1O[C@H](C)CN(C)C2. The molecular formula is C27H36N8O3. The second-order valence-electron chi connectivity index (χ2n) is 10.0. The zero-order valence-corrected chi connectivity index (χ0v) is 23.1. The molecule has 5 rings (SSSR count). The molecule has 0 unspecified atom stereocenters. The van der Waals surface area contributed by atoms with E-state index in [0.717, 1.165) is 50.5 Å². The minimum atomic E-state index is -0.209. The Labute approximate surface area is 222 Å². The molecule has 1 aliphatic heterocycles. The van der Waals surface area contributed by atoms with Crippen molar-refractivity contribution >= 4 is 23.1 Å². The Bertz CT molecular complexity index is 1500. The molecule has 38 heavy (non-hydrogen) atoms. The molecule has 0 spiro atoms. The minimum Gasteiger partial charge on any atom is -0.476 e. The summed E-state index contributed by atoms with van der Waals surface area (Å²) in [7, 11) is 3.94. The maximum absolute atomic E-state index is 9.96. The second kappa shape index (κ2) is 10.2. The van der Waals surface area contributed by atoms with Crippen LogP contribution in [0.1, 0.15) is 55.2 Å². The lowest BCUT2D eigenvalue weighted by Gasteiger charge is -2.24. The molecule has 0 saturated carbocycles. The van der Waals surface area contributed by atoms with Crippen molar-refractivity contribution in [2.24, 2.45) is 7.05 Å². The number of hydrogen-bond acceptors (Lipinski definition) is 8. The number of nitrogens with one attached hydrogen (secondary N) is 1. The number of ether oxygens (including phenoxy) is 2. The molecule has 1 aliphatic rings. The normalized spacial score (nSPS) is 17.9. The lowest BCUT2D eigenvalue weighted by Crippen LogP contribution is -2.32. The van der Waals surface area contributed by atoms with E-state index in [4.69, 9.17) is 19.6 Å². The molecule has 202 valence electrons. The van der Waals surface area contributed by atoms with Gasteiger partial charge in [0.25, 0.3) is 0 Å². The summed E-state index contributed by atoms with van der Waals surface area (Å²) in [6.07, 6.45) is 3.89. The van der Waals surface area contributed by atoms with Crippen LogP contribution in [0.15, 0.2) is 6.07 Å². The van der Waals surface area contributed by atoms with Crippen molar-refractivity contribution in [3.05, 3.63) is 34.4 Å². The van der Waals surface area contributed by atoms with Gasteiger partial charge in [0.05, 0.1) is 58.9 Å². The van der Waals surface area contributed by atoms with Crippen molar-refractivity contribution < 1.29 is 14.6 Å². The first-order valence-corrected chi connectivity index (χ1v) is 13.0. The summed E-state index contributed by atoms with van der Waals surface area (Å²) in [6.45, 7) is 11.6. The van der Waals surface area contributed by atoms with Crippen LogP contribution in [0.5, 0.6) is 11.8 Å². The predicted octanol–water partition coefficient (Wildman–Crippen LogP) is 3.51. The van der Waals surface area contributed by atoms with Crippen molar-refractivity contribution in [1.29, 1.82) is 0 Å². The van der Waals surface area contributed by atoms with Crippen LogP contribution in [-0.2, 0) is 13.6 Å². The van der Waals surface area contributed by atoms with E-state index < -0.39 is 0 Å². The number of pyridine rings is 1. The first-order chi connectivity index (χ1) is 18.2. The van der Waals surface area contributed by atoms with Crippen LogP contribution in [0, 0.1) is 13.8 Å². The van der Waals surface area contributed by atoms with Crippen LogP contribution in [0.2, 0.25) is 0 Å². The van der Waals surface area contributed by atoms with Gasteiger partial charge in [-0.05, 0) is 59.9 Å². The Morgan fingerprint density at radius 3 is 2.74 bits per heavy atom. The summed E-state index contributed by atoms with van der Waals surface area (Å²) in [4.78, 5) is 7.07. The number of rotatable bonds is 4. The average Bonchev–Trinajstić information content (AvgIpc) is 3.51. The first kappa shape index (κ1) is 25.9. The number of H-pyrrole nitrogens is 1. The van der Waals surface area contributed by atoms with Gasteiger partial charge in [0.2, 0.25) is 11.8 Å². The molecule has 2 bridgehead atoms. The summed E-state index contributed by atoms with van der Waals surface area (Å²) in [5.41, 5.74) is 6.84. The third kappa shape index (κ3) is 4.56. The number of aromatic nitrogens is 7. The topological polar surface area (TPSA) is 119 Å². The maximum atomic E-state index is 9.96. The fraction of sp³-hybridized carbons (Fsp3) is 0.481. The molecule has 0 fully saturated rings. The number of hydrogen-bond donors (Lipinski definition) is 2. The van der Waals surface area contributed by atoms with Crippen LogP contribution in [0.4, 0.5) is 0 Å². The Kier molecular flexibility index (Phi) is 6.97. The van der Waals surface area contributed by atoms with Crippen LogP contribution in [0.25, 0.3) is 34.3 Å². The summed E-state index contributed by atoms with van der Waals surface area (Å²) >= 11 is 0. The fourth-order valence-corrected chi connectivity index (χ4v) is 5.13. The molecule has 0 aromatic carbocycles. The van der Waals surface area contributed by atoms with Gasteiger partial charge in [-0.2, -0.15) is 10.2 Å². The van der Waals surface area contributed by atoms with Gasteiger partial charge in [-0.1, -0.05) is 0 Å². The molecular weight excluding hydrogens is 484 g/mol. The molecule has 0 saturated heterocycles. The standard InChI is InChI=1S/C27H36N8O3/c1-8-37-26-19-9-10-21-20-11-22(28-18(5)25(20)30-29-21)24-17(4)31-34(7)27(24)38-16(3)12-33(6)13-23(19)35(32-26)15(2)14-36/h9-11,15-16,36H,8,12-14H2,1-7H3,(H,29,30)/b10-9+/t15-,16+/m0/s1. The van der Waals surface area contributed by atoms with Gasteiger partial charge >= 0.3 is 0 Å². The zero-order chi connectivity index (χ0) is 27.1. The number of likely N-dealkylation sites (N-methyl/N-ethyl adjacent to an activating group) is 1. The largest absolute Gasteiger partial charge is 0.476 e. The van der Waals surface area contributed by atoms with Crippen molar-refractivity contribution in [2.45, 2.75) is 53.3 Å². The van der Waals surface area contributed by atoms with E-state index in [1.54, 1.807) is 4.68 Å². The Morgan fingerprint density at radius 2 is 2.00 bits per heavy atom. The van der Waals surface area contributed by atoms with Crippen molar-refractivity contribution in [1.82, 2.24) is 39.6 Å². The predicted molar refractivity (Wildman–Crippen MR) is 146 cm³/mol. The summed E-state index contributed by atoms with van der Waals surface area (Å²) in [5.74, 6) is 1.22. The number of aromatic amines is 1. The average molecular weight is 521 g/mol. The quantitative estimate of drug-likeness (QED) is 0.420. The number of aliphatic hydroxyl groups is 1. The molecule has 0 radical (unpaired) electrons. The van der Waals surface area contributed by atoms with E-state index in [-0.39, 0.29) is 18.8 Å². The lowest BCUT2D eigenvalue weighted by atomic mass is 10.1. The zero-order valence-electron chi connectivity index (χ0n) is 23.1. The Balaban J connectivity index is 1.75. The van der Waals surface area contributed by atoms with Crippen LogP contribution < -0.4 is 9.47 Å². The fourth-order valence-electron chi connectivity index (χ4n) is 5.13. The third-order valence-electron chi connectivity index (χ3n) is 6.87. The van der Waals surface area contributed by atoms with E-state index in [1.165, 1.54) is 0 Å². The van der Waals surface area contributed by atoms with Gasteiger partial charge in [-0.25, -0.2) is 4.68 Å². The molecule has 2 N–H and O–H groups in total. The van der Waals surface area contributed by atoms with E-state index in [9.17, 15) is 5.11 Å². The van der Waals surface area contributed by atoms with Crippen LogP contribution >= 0.6 is 0 Å². The highest BCUT2D eigenvalue weighted by atomic mass is 16.5. The highest BCUT2D eigenvalue weighted by molar-refractivity contribution is 5.93. The van der Waals surface area contributed by atoms with Gasteiger partial charge < -0.3 is 14.6 Å². The van der Waals surface area contributed by atoms with E-state index in [1.807, 2.05) is 57.6 Å². The van der Waals surface area contributed by atoms with Crippen molar-refractivity contribution in [3.63, 3.8) is 0 Å². The maximum Gasteiger partial charge on any atom is 0.240 e. The first-order valence-electron chi connectivity index (χ1n) is 13.0. The highest BCUT2D eigenvalue weighted by Gasteiger charge is 2.25. The van der Waals surface area contributed by atoms with Gasteiger partial charge in [0.1, 0.15) is 11.6 Å². The van der Waals surface area contributed by atoms with Crippen molar-refractivity contribution in [2.75, 3.05) is 26.8 Å². The lowest BCUT2D eigenvalue weighted by molar-refractivity contribution is 0.145. The molecule has 11 heteroatoms. The van der Waals surface area contributed by atoms with E-state index in [2.05, 4.69) is 34.2 Å². The van der Waals surface area contributed by atoms with Gasteiger partial charge in [-0.3, -0.25) is 19.7 Å². The van der Waals surface area contributed by atoms with E-state index >= 15 is 0 Å². The minimum absolute atomic E-state index is 0.0323. The number of fused-ring (bicyclic) bond motifs is 4. The summed E-state index contributed by atoms with van der Waals surface area (Å²) in [5, 5.41) is 28.0. The molecule has 2 atom stereocenters.